The van der Waals surface area contributed by atoms with Gasteiger partial charge in [0.05, 0.1) is 37.9 Å². The lowest BCUT2D eigenvalue weighted by molar-refractivity contribution is -0.111. The van der Waals surface area contributed by atoms with E-state index in [0.29, 0.717) is 27.5 Å². The van der Waals surface area contributed by atoms with Gasteiger partial charge in [0.2, 0.25) is 5.91 Å². The fourth-order valence-electron chi connectivity index (χ4n) is 3.29. The van der Waals surface area contributed by atoms with Gasteiger partial charge in [-0.15, -0.1) is 11.3 Å². The Morgan fingerprint density at radius 2 is 2.00 bits per heavy atom. The van der Waals surface area contributed by atoms with Crippen LogP contribution in [0.5, 0.6) is 11.5 Å². The number of carbonyl (C=O) groups excluding carboxylic acids is 2. The molecule has 1 amide bonds. The number of fused-ring (bicyclic) bond motifs is 1. The van der Waals surface area contributed by atoms with Crippen molar-refractivity contribution >= 4 is 44.1 Å². The van der Waals surface area contributed by atoms with Gasteiger partial charge in [-0.1, -0.05) is 12.1 Å². The van der Waals surface area contributed by atoms with Gasteiger partial charge < -0.3 is 19.5 Å². The van der Waals surface area contributed by atoms with Gasteiger partial charge in [0.15, 0.2) is 21.3 Å². The van der Waals surface area contributed by atoms with Crippen LogP contribution >= 0.6 is 11.3 Å². The monoisotopic (exact) mass is 465 g/mol. The van der Waals surface area contributed by atoms with Crippen LogP contribution in [0.4, 0.5) is 5.00 Å². The zero-order valence-electron chi connectivity index (χ0n) is 17.4. The summed E-state index contributed by atoms with van der Waals surface area (Å²) in [5.41, 5.74) is 1.50. The Kier molecular flexibility index (Phi) is 7.01. The molecule has 1 aliphatic rings. The maximum absolute atomic E-state index is 12.6. The minimum Gasteiger partial charge on any atom is -0.493 e. The second kappa shape index (κ2) is 9.52. The number of carbonyl (C=O) groups is 2. The molecule has 0 saturated carbocycles. The lowest BCUT2D eigenvalue weighted by Gasteiger charge is -2.13. The van der Waals surface area contributed by atoms with Crippen LogP contribution in [0.2, 0.25) is 0 Å². The first-order valence-corrected chi connectivity index (χ1v) is 12.2. The van der Waals surface area contributed by atoms with E-state index >= 15 is 0 Å². The molecule has 0 radical (unpaired) electrons. The van der Waals surface area contributed by atoms with Gasteiger partial charge in [0, 0.05) is 16.5 Å². The van der Waals surface area contributed by atoms with Crippen molar-refractivity contribution in [1.82, 2.24) is 0 Å². The van der Waals surface area contributed by atoms with Crippen molar-refractivity contribution in [2.24, 2.45) is 0 Å². The normalized spacial score (nSPS) is 14.7. The standard InChI is InChI=1S/C21H23NO7S2/c1-4-29-21(24)18-14-10-11-31(25,26)12-16(14)30-20(18)22-17(23)9-8-13-6-5-7-15(27-2)19(13)28-3/h5-9H,4,10-12H2,1-3H3,(H,22,23)/b9-8+. The molecule has 1 N–H and O–H groups in total. The number of hydrogen-bond donors (Lipinski definition) is 1. The van der Waals surface area contributed by atoms with Crippen LogP contribution < -0.4 is 14.8 Å². The third kappa shape index (κ3) is 5.08. The third-order valence-corrected chi connectivity index (χ3v) is 7.55. The lowest BCUT2D eigenvalue weighted by Crippen LogP contribution is -2.20. The number of sulfone groups is 1. The van der Waals surface area contributed by atoms with E-state index in [-0.39, 0.29) is 35.1 Å². The summed E-state index contributed by atoms with van der Waals surface area (Å²) in [5.74, 6) is -0.220. The zero-order chi connectivity index (χ0) is 22.6. The minimum absolute atomic E-state index is 0.0357. The summed E-state index contributed by atoms with van der Waals surface area (Å²) in [5, 5.41) is 2.98. The third-order valence-electron chi connectivity index (χ3n) is 4.67. The van der Waals surface area contributed by atoms with E-state index in [1.54, 1.807) is 31.2 Å². The fraction of sp³-hybridized carbons (Fsp3) is 0.333. The Morgan fingerprint density at radius 3 is 2.68 bits per heavy atom. The molecule has 0 spiro atoms. The lowest BCUT2D eigenvalue weighted by atomic mass is 10.1. The second-order valence-electron chi connectivity index (χ2n) is 6.68. The van der Waals surface area contributed by atoms with E-state index < -0.39 is 21.7 Å². The summed E-state index contributed by atoms with van der Waals surface area (Å²) in [7, 11) is -0.194. The van der Waals surface area contributed by atoms with Crippen molar-refractivity contribution in [2.75, 3.05) is 31.9 Å². The van der Waals surface area contributed by atoms with Gasteiger partial charge in [-0.25, -0.2) is 13.2 Å². The smallest absolute Gasteiger partial charge is 0.341 e. The Balaban J connectivity index is 1.89. The van der Waals surface area contributed by atoms with Crippen molar-refractivity contribution in [1.29, 1.82) is 0 Å². The van der Waals surface area contributed by atoms with Crippen LogP contribution in [-0.4, -0.2) is 46.9 Å². The Morgan fingerprint density at radius 1 is 1.23 bits per heavy atom. The number of ether oxygens (including phenoxy) is 3. The number of hydrogen-bond acceptors (Lipinski definition) is 8. The molecule has 0 aliphatic carbocycles. The molecule has 2 aromatic rings. The summed E-state index contributed by atoms with van der Waals surface area (Å²) in [6.07, 6.45) is 3.09. The van der Waals surface area contributed by atoms with E-state index in [0.717, 1.165) is 11.3 Å². The number of para-hydroxylation sites is 1. The average molecular weight is 466 g/mol. The Labute approximate surface area is 184 Å². The average Bonchev–Trinajstić information content (AvgIpc) is 3.07. The molecule has 0 saturated heterocycles. The predicted molar refractivity (Wildman–Crippen MR) is 119 cm³/mol. The van der Waals surface area contributed by atoms with Gasteiger partial charge in [-0.2, -0.15) is 0 Å². The van der Waals surface area contributed by atoms with Crippen molar-refractivity contribution in [3.8, 4) is 11.5 Å². The number of benzene rings is 1. The van der Waals surface area contributed by atoms with Crippen molar-refractivity contribution in [3.05, 3.63) is 45.8 Å². The molecule has 31 heavy (non-hydrogen) atoms. The van der Waals surface area contributed by atoms with Crippen LogP contribution in [0.1, 0.15) is 33.3 Å². The van der Waals surface area contributed by atoms with Gasteiger partial charge in [-0.05, 0) is 31.1 Å². The summed E-state index contributed by atoms with van der Waals surface area (Å²) in [6, 6.07) is 5.28. The summed E-state index contributed by atoms with van der Waals surface area (Å²) >= 11 is 1.09. The van der Waals surface area contributed by atoms with Gasteiger partial charge in [-0.3, -0.25) is 4.79 Å². The van der Waals surface area contributed by atoms with E-state index in [1.807, 2.05) is 0 Å². The molecule has 0 bridgehead atoms. The molecule has 0 fully saturated rings. The van der Waals surface area contributed by atoms with Crippen LogP contribution in [0.3, 0.4) is 0 Å². The van der Waals surface area contributed by atoms with Gasteiger partial charge >= 0.3 is 5.97 Å². The number of anilines is 1. The number of amides is 1. The molecule has 10 heteroatoms. The number of thiophene rings is 1. The number of nitrogens with one attached hydrogen (secondary N) is 1. The largest absolute Gasteiger partial charge is 0.493 e. The Hall–Kier alpha value is -2.85. The maximum Gasteiger partial charge on any atom is 0.341 e. The van der Waals surface area contributed by atoms with Crippen LogP contribution in [0.25, 0.3) is 6.08 Å². The zero-order valence-corrected chi connectivity index (χ0v) is 19.0. The first kappa shape index (κ1) is 22.8. The van der Waals surface area contributed by atoms with Crippen molar-refractivity contribution in [3.63, 3.8) is 0 Å². The highest BCUT2D eigenvalue weighted by atomic mass is 32.2. The molecule has 1 aromatic carbocycles. The van der Waals surface area contributed by atoms with Crippen LogP contribution in [0.15, 0.2) is 24.3 Å². The van der Waals surface area contributed by atoms with Crippen molar-refractivity contribution < 1.29 is 32.2 Å². The number of methoxy groups -OCH3 is 2. The van der Waals surface area contributed by atoms with Crippen LogP contribution in [0, 0.1) is 0 Å². The fourth-order valence-corrected chi connectivity index (χ4v) is 6.33. The molecule has 3 rings (SSSR count). The number of rotatable bonds is 7. The topological polar surface area (TPSA) is 108 Å². The molecule has 2 heterocycles. The number of esters is 1. The molecule has 166 valence electrons. The van der Waals surface area contributed by atoms with Crippen LogP contribution in [-0.2, 0) is 31.5 Å². The van der Waals surface area contributed by atoms with Crippen molar-refractivity contribution in [2.45, 2.75) is 19.1 Å². The predicted octanol–water partition coefficient (Wildman–Crippen LogP) is 3.06. The first-order valence-electron chi connectivity index (χ1n) is 9.51. The molecule has 1 aromatic heterocycles. The summed E-state index contributed by atoms with van der Waals surface area (Å²) < 4.78 is 39.7. The van der Waals surface area contributed by atoms with Gasteiger partial charge in [0.25, 0.3) is 0 Å². The van der Waals surface area contributed by atoms with E-state index in [4.69, 9.17) is 14.2 Å². The van der Waals surface area contributed by atoms with E-state index in [9.17, 15) is 18.0 Å². The molecular formula is C21H23NO7S2. The molecular weight excluding hydrogens is 442 g/mol. The highest BCUT2D eigenvalue weighted by molar-refractivity contribution is 7.90. The first-order chi connectivity index (χ1) is 14.8. The quantitative estimate of drug-likeness (QED) is 0.494. The van der Waals surface area contributed by atoms with E-state index in [1.165, 1.54) is 20.3 Å². The molecule has 0 atom stereocenters. The van der Waals surface area contributed by atoms with Gasteiger partial charge in [0.1, 0.15) is 5.00 Å². The summed E-state index contributed by atoms with van der Waals surface area (Å²) in [6.45, 7) is 1.86. The maximum atomic E-state index is 12.6. The minimum atomic E-state index is -3.22. The highest BCUT2D eigenvalue weighted by Crippen LogP contribution is 2.38. The van der Waals surface area contributed by atoms with E-state index in [2.05, 4.69) is 5.32 Å². The highest BCUT2D eigenvalue weighted by Gasteiger charge is 2.31. The molecule has 8 nitrogen and oxygen atoms in total. The second-order valence-corrected chi connectivity index (χ2v) is 9.96. The Bertz CT molecular complexity index is 1130. The molecule has 0 unspecified atom stereocenters. The summed E-state index contributed by atoms with van der Waals surface area (Å²) in [4.78, 5) is 25.6. The SMILES string of the molecule is CCOC(=O)c1c(NC(=O)/C=C/c2cccc(OC)c2OC)sc2c1CCS(=O)(=O)C2. The molecule has 1 aliphatic heterocycles.